The summed E-state index contributed by atoms with van der Waals surface area (Å²) in [5.74, 6) is -0.439. The van der Waals surface area contributed by atoms with E-state index in [1.165, 1.54) is 35.3 Å². The highest BCUT2D eigenvalue weighted by Gasteiger charge is 2.46. The summed E-state index contributed by atoms with van der Waals surface area (Å²) in [4.78, 5) is 47.2. The third kappa shape index (κ3) is 4.61. The van der Waals surface area contributed by atoms with Crippen LogP contribution < -0.4 is 21.5 Å². The Labute approximate surface area is 214 Å². The summed E-state index contributed by atoms with van der Waals surface area (Å²) >= 11 is 2.25. The molecule has 16 heteroatoms. The summed E-state index contributed by atoms with van der Waals surface area (Å²) in [7, 11) is 2.94. The van der Waals surface area contributed by atoms with Crippen molar-refractivity contribution in [3.63, 3.8) is 0 Å². The molecule has 37 heavy (non-hydrogen) atoms. The maximum atomic E-state index is 13.2. The van der Waals surface area contributed by atoms with Crippen molar-refractivity contribution in [2.24, 2.45) is 14.1 Å². The third-order valence-electron chi connectivity index (χ3n) is 6.04. The van der Waals surface area contributed by atoms with Crippen LogP contribution in [0, 0.1) is 0 Å². The van der Waals surface area contributed by atoms with Crippen LogP contribution in [0.25, 0.3) is 20.8 Å². The Balaban J connectivity index is 1.29. The lowest BCUT2D eigenvalue weighted by atomic mass is 10.1. The average Bonchev–Trinajstić information content (AvgIpc) is 3.61. The molecule has 4 aromatic rings. The second-order valence-electron chi connectivity index (χ2n) is 8.45. The molecule has 11 nitrogen and oxygen atoms in total. The standard InChI is InChI=1S/C21H19F3N8O3S2/c1-30-16(34)14-10(9-36-17(14)31(2)20(30)35)6-13(33)27-19-29-28-15(37-19)11-7-25-18(26-8-11)32-5-3-4-12(32)21(22,23)24/h7-9,12H,3-6H2,1-2H3,(H,27,29,33). The van der Waals surface area contributed by atoms with E-state index in [9.17, 15) is 27.6 Å². The van der Waals surface area contributed by atoms with Crippen molar-refractivity contribution in [1.82, 2.24) is 29.3 Å². The van der Waals surface area contributed by atoms with Gasteiger partial charge in [0.05, 0.1) is 11.8 Å². The van der Waals surface area contributed by atoms with E-state index in [1.807, 2.05) is 0 Å². The number of hydrogen-bond acceptors (Lipinski definition) is 10. The van der Waals surface area contributed by atoms with E-state index < -0.39 is 29.4 Å². The van der Waals surface area contributed by atoms with Crippen LogP contribution in [-0.4, -0.2) is 54.0 Å². The van der Waals surface area contributed by atoms with E-state index in [-0.39, 0.29) is 30.5 Å². The zero-order valence-corrected chi connectivity index (χ0v) is 21.1. The Hall–Kier alpha value is -3.66. The lowest BCUT2D eigenvalue weighted by Crippen LogP contribution is -2.42. The Morgan fingerprint density at radius 2 is 1.89 bits per heavy atom. The largest absolute Gasteiger partial charge is 0.408 e. The van der Waals surface area contributed by atoms with Gasteiger partial charge in [0.1, 0.15) is 10.9 Å². The van der Waals surface area contributed by atoms with Crippen molar-refractivity contribution in [2.75, 3.05) is 16.8 Å². The molecule has 0 spiro atoms. The van der Waals surface area contributed by atoms with Crippen LogP contribution in [0.4, 0.5) is 24.3 Å². The molecule has 194 valence electrons. The number of nitrogens with zero attached hydrogens (tertiary/aromatic N) is 7. The van der Waals surface area contributed by atoms with Crippen molar-refractivity contribution in [1.29, 1.82) is 0 Å². The Morgan fingerprint density at radius 1 is 1.16 bits per heavy atom. The lowest BCUT2D eigenvalue weighted by molar-refractivity contribution is -0.146. The molecule has 1 fully saturated rings. The van der Waals surface area contributed by atoms with Crippen molar-refractivity contribution in [2.45, 2.75) is 31.5 Å². The summed E-state index contributed by atoms with van der Waals surface area (Å²) in [6.07, 6.45) is -1.32. The molecule has 0 aromatic carbocycles. The number of carbonyl (C=O) groups is 1. The molecule has 0 aliphatic carbocycles. The number of amides is 1. The monoisotopic (exact) mass is 552 g/mol. The molecule has 1 atom stereocenters. The molecular weight excluding hydrogens is 533 g/mol. The van der Waals surface area contributed by atoms with Crippen LogP contribution >= 0.6 is 22.7 Å². The molecule has 4 aromatic heterocycles. The number of carbonyl (C=O) groups excluding carboxylic acids is 1. The molecule has 5 rings (SSSR count). The highest BCUT2D eigenvalue weighted by Crippen LogP contribution is 2.35. The minimum absolute atomic E-state index is 0.00193. The Morgan fingerprint density at radius 3 is 2.59 bits per heavy atom. The van der Waals surface area contributed by atoms with Crippen molar-refractivity contribution >= 4 is 49.9 Å². The summed E-state index contributed by atoms with van der Waals surface area (Å²) in [5, 5.41) is 13.1. The van der Waals surface area contributed by atoms with E-state index in [0.29, 0.717) is 32.8 Å². The molecule has 1 aliphatic heterocycles. The van der Waals surface area contributed by atoms with Gasteiger partial charge in [-0.1, -0.05) is 11.3 Å². The van der Waals surface area contributed by atoms with Gasteiger partial charge in [-0.3, -0.25) is 18.7 Å². The molecule has 1 unspecified atom stereocenters. The first-order valence-corrected chi connectivity index (χ1v) is 12.7. The first-order valence-electron chi connectivity index (χ1n) is 11.0. The molecule has 0 bridgehead atoms. The SMILES string of the molecule is Cn1c(=O)c2c(CC(=O)Nc3nnc(-c4cnc(N5CCCC5C(F)(F)F)nc4)s3)csc2n(C)c1=O. The van der Waals surface area contributed by atoms with Crippen molar-refractivity contribution in [3.05, 3.63) is 44.2 Å². The molecule has 1 aliphatic rings. The normalized spacial score (nSPS) is 16.0. The van der Waals surface area contributed by atoms with Crippen molar-refractivity contribution < 1.29 is 18.0 Å². The summed E-state index contributed by atoms with van der Waals surface area (Å²) in [6.45, 7) is 0.223. The Kier molecular flexibility index (Phi) is 6.31. The predicted octanol–water partition coefficient (Wildman–Crippen LogP) is 2.32. The molecule has 0 saturated carbocycles. The van der Waals surface area contributed by atoms with Crippen LogP contribution in [0.1, 0.15) is 18.4 Å². The lowest BCUT2D eigenvalue weighted by Gasteiger charge is -2.26. The van der Waals surface area contributed by atoms with Crippen LogP contribution in [0.15, 0.2) is 27.4 Å². The maximum absolute atomic E-state index is 13.2. The van der Waals surface area contributed by atoms with E-state index >= 15 is 0 Å². The molecular formula is C21H19F3N8O3S2. The first-order chi connectivity index (χ1) is 17.5. The zero-order valence-electron chi connectivity index (χ0n) is 19.4. The van der Waals surface area contributed by atoms with Gasteiger partial charge >= 0.3 is 11.9 Å². The number of nitrogens with one attached hydrogen (secondary N) is 1. The molecule has 1 N–H and O–H groups in total. The quantitative estimate of drug-likeness (QED) is 0.400. The average molecular weight is 553 g/mol. The summed E-state index contributed by atoms with van der Waals surface area (Å²) in [6, 6.07) is -1.60. The number of rotatable bonds is 5. The minimum Gasteiger partial charge on any atom is -0.329 e. The predicted molar refractivity (Wildman–Crippen MR) is 132 cm³/mol. The van der Waals surface area contributed by atoms with Gasteiger partial charge in [-0.05, 0) is 23.8 Å². The number of aryl methyl sites for hydroxylation is 1. The number of anilines is 2. The van der Waals surface area contributed by atoms with E-state index in [0.717, 1.165) is 20.8 Å². The van der Waals surface area contributed by atoms with Gasteiger partial charge < -0.3 is 10.2 Å². The summed E-state index contributed by atoms with van der Waals surface area (Å²) < 4.78 is 42.1. The number of halogens is 3. The van der Waals surface area contributed by atoms with Crippen molar-refractivity contribution in [3.8, 4) is 10.6 Å². The van der Waals surface area contributed by atoms with Gasteiger partial charge in [0.25, 0.3) is 5.56 Å². The number of thiophene rings is 1. The van der Waals surface area contributed by atoms with Gasteiger partial charge in [0, 0.05) is 38.6 Å². The van der Waals surface area contributed by atoms with Crippen LogP contribution in [0.3, 0.4) is 0 Å². The van der Waals surface area contributed by atoms with Gasteiger partial charge in [0.2, 0.25) is 17.0 Å². The summed E-state index contributed by atoms with van der Waals surface area (Å²) in [5.41, 5.74) is 0.00730. The second kappa shape index (κ2) is 9.33. The number of hydrogen-bond donors (Lipinski definition) is 1. The molecule has 5 heterocycles. The fourth-order valence-electron chi connectivity index (χ4n) is 4.21. The Bertz CT molecular complexity index is 1610. The molecule has 1 amide bonds. The number of alkyl halides is 3. The van der Waals surface area contributed by atoms with Gasteiger partial charge in [-0.2, -0.15) is 13.2 Å². The van der Waals surface area contributed by atoms with Gasteiger partial charge in [0.15, 0.2) is 5.01 Å². The van der Waals surface area contributed by atoms with E-state index in [2.05, 4.69) is 25.5 Å². The second-order valence-corrected chi connectivity index (χ2v) is 10.3. The zero-order chi connectivity index (χ0) is 26.5. The van der Waals surface area contributed by atoms with Crippen LogP contribution in [0.5, 0.6) is 0 Å². The van der Waals surface area contributed by atoms with Gasteiger partial charge in [-0.15, -0.1) is 21.5 Å². The molecule has 0 radical (unpaired) electrons. The van der Waals surface area contributed by atoms with E-state index in [4.69, 9.17) is 0 Å². The third-order valence-corrected chi connectivity index (χ3v) is 8.03. The number of fused-ring (bicyclic) bond motifs is 1. The smallest absolute Gasteiger partial charge is 0.329 e. The highest BCUT2D eigenvalue weighted by atomic mass is 32.1. The topological polar surface area (TPSA) is 128 Å². The van der Waals surface area contributed by atoms with Crippen LogP contribution in [-0.2, 0) is 25.3 Å². The number of aromatic nitrogens is 6. The first kappa shape index (κ1) is 25.0. The van der Waals surface area contributed by atoms with Crippen LogP contribution in [0.2, 0.25) is 0 Å². The fourth-order valence-corrected chi connectivity index (χ4v) is 5.97. The highest BCUT2D eigenvalue weighted by molar-refractivity contribution is 7.18. The maximum Gasteiger partial charge on any atom is 0.408 e. The fraction of sp³-hybridized carbons (Fsp3) is 0.381. The minimum atomic E-state index is -4.36. The van der Waals surface area contributed by atoms with Gasteiger partial charge in [-0.25, -0.2) is 14.8 Å². The van der Waals surface area contributed by atoms with E-state index in [1.54, 1.807) is 12.4 Å². The molecule has 1 saturated heterocycles.